The van der Waals surface area contributed by atoms with Crippen molar-refractivity contribution in [3.63, 3.8) is 0 Å². The summed E-state index contributed by atoms with van der Waals surface area (Å²) >= 11 is 0. The molecule has 3 heteroatoms. The van der Waals surface area contributed by atoms with Gasteiger partial charge in [0.1, 0.15) is 5.76 Å². The molecule has 0 bridgehead atoms. The van der Waals surface area contributed by atoms with Crippen molar-refractivity contribution < 1.29 is 9.15 Å². The summed E-state index contributed by atoms with van der Waals surface area (Å²) < 4.78 is 10.8. The van der Waals surface area contributed by atoms with Gasteiger partial charge in [-0.1, -0.05) is 0 Å². The number of aryl methyl sites for hydroxylation is 1. The zero-order valence-electron chi connectivity index (χ0n) is 11.5. The first kappa shape index (κ1) is 13.6. The highest BCUT2D eigenvalue weighted by atomic mass is 16.5. The zero-order chi connectivity index (χ0) is 12.8. The fourth-order valence-corrected chi connectivity index (χ4v) is 2.76. The zero-order valence-corrected chi connectivity index (χ0v) is 11.5. The number of hydrogen-bond donors (Lipinski definition) is 1. The molecule has 1 N–H and O–H groups in total. The minimum atomic E-state index is 0.487. The van der Waals surface area contributed by atoms with Gasteiger partial charge in [-0.25, -0.2) is 0 Å². The molecule has 18 heavy (non-hydrogen) atoms. The summed E-state index contributed by atoms with van der Waals surface area (Å²) in [6, 6.07) is 5.23. The van der Waals surface area contributed by atoms with E-state index in [2.05, 4.69) is 18.3 Å². The fraction of sp³-hybridized carbons (Fsp3) is 0.733. The van der Waals surface area contributed by atoms with Crippen molar-refractivity contribution in [3.05, 3.63) is 24.2 Å². The molecule has 1 saturated carbocycles. The summed E-state index contributed by atoms with van der Waals surface area (Å²) in [6.07, 6.45) is 9.26. The van der Waals surface area contributed by atoms with Crippen LogP contribution in [0, 0.1) is 0 Å². The average Bonchev–Trinajstić information content (AvgIpc) is 2.90. The first-order valence-electron chi connectivity index (χ1n) is 7.09. The Bertz CT molecular complexity index is 315. The van der Waals surface area contributed by atoms with E-state index >= 15 is 0 Å². The van der Waals surface area contributed by atoms with Crippen LogP contribution in [0.4, 0.5) is 0 Å². The summed E-state index contributed by atoms with van der Waals surface area (Å²) in [5, 5.41) is 3.73. The quantitative estimate of drug-likeness (QED) is 0.843. The van der Waals surface area contributed by atoms with E-state index in [0.717, 1.165) is 18.6 Å². The second-order valence-electron chi connectivity index (χ2n) is 5.40. The third-order valence-electron chi connectivity index (χ3n) is 3.93. The summed E-state index contributed by atoms with van der Waals surface area (Å²) in [4.78, 5) is 0. The van der Waals surface area contributed by atoms with Crippen LogP contribution in [-0.4, -0.2) is 25.3 Å². The van der Waals surface area contributed by atoms with Crippen LogP contribution in [0.15, 0.2) is 22.8 Å². The Hall–Kier alpha value is -0.800. The molecule has 0 aliphatic heterocycles. The molecular weight excluding hydrogens is 226 g/mol. The highest BCUT2D eigenvalue weighted by Crippen LogP contribution is 2.21. The van der Waals surface area contributed by atoms with Gasteiger partial charge < -0.3 is 14.5 Å². The molecule has 1 aliphatic carbocycles. The maximum absolute atomic E-state index is 5.40. The number of hydrogen-bond acceptors (Lipinski definition) is 3. The maximum atomic E-state index is 5.40. The van der Waals surface area contributed by atoms with Crippen molar-refractivity contribution in [2.24, 2.45) is 0 Å². The van der Waals surface area contributed by atoms with Gasteiger partial charge in [-0.05, 0) is 51.2 Å². The van der Waals surface area contributed by atoms with Crippen LogP contribution in [0.3, 0.4) is 0 Å². The number of nitrogens with one attached hydrogen (secondary N) is 1. The Balaban J connectivity index is 1.64. The highest BCUT2D eigenvalue weighted by Gasteiger charge is 2.21. The Kier molecular flexibility index (Phi) is 5.26. The van der Waals surface area contributed by atoms with Crippen LogP contribution in [0.1, 0.15) is 44.8 Å². The largest absolute Gasteiger partial charge is 0.469 e. The molecule has 1 heterocycles. The highest BCUT2D eigenvalue weighted by molar-refractivity contribution is 4.98. The first-order chi connectivity index (χ1) is 8.78. The van der Waals surface area contributed by atoms with E-state index in [0.29, 0.717) is 18.2 Å². The van der Waals surface area contributed by atoms with Crippen LogP contribution in [0.5, 0.6) is 0 Å². The molecular formula is C15H25NO2. The third-order valence-corrected chi connectivity index (χ3v) is 3.93. The van der Waals surface area contributed by atoms with Crippen LogP contribution in [0.2, 0.25) is 0 Å². The van der Waals surface area contributed by atoms with Crippen molar-refractivity contribution in [2.75, 3.05) is 7.11 Å². The Morgan fingerprint density at radius 3 is 2.78 bits per heavy atom. The molecule has 1 fully saturated rings. The minimum absolute atomic E-state index is 0.487. The second kappa shape index (κ2) is 6.95. The molecule has 1 aromatic rings. The summed E-state index contributed by atoms with van der Waals surface area (Å²) in [5.41, 5.74) is 0. The van der Waals surface area contributed by atoms with Gasteiger partial charge in [-0.15, -0.1) is 0 Å². The molecule has 1 aromatic heterocycles. The number of rotatable bonds is 6. The van der Waals surface area contributed by atoms with Gasteiger partial charge in [-0.3, -0.25) is 0 Å². The third kappa shape index (κ3) is 4.14. The van der Waals surface area contributed by atoms with Crippen LogP contribution in [-0.2, 0) is 11.2 Å². The van der Waals surface area contributed by atoms with Gasteiger partial charge in [0.2, 0.25) is 0 Å². The van der Waals surface area contributed by atoms with Crippen molar-refractivity contribution >= 4 is 0 Å². The first-order valence-corrected chi connectivity index (χ1v) is 7.09. The van der Waals surface area contributed by atoms with E-state index in [9.17, 15) is 0 Å². The van der Waals surface area contributed by atoms with Crippen molar-refractivity contribution in [2.45, 2.75) is 63.6 Å². The molecule has 0 radical (unpaired) electrons. The Morgan fingerprint density at radius 2 is 2.17 bits per heavy atom. The second-order valence-corrected chi connectivity index (χ2v) is 5.40. The van der Waals surface area contributed by atoms with E-state index in [-0.39, 0.29) is 0 Å². The minimum Gasteiger partial charge on any atom is -0.469 e. The van der Waals surface area contributed by atoms with E-state index in [1.165, 1.54) is 25.7 Å². The Labute approximate surface area is 110 Å². The molecule has 102 valence electrons. The summed E-state index contributed by atoms with van der Waals surface area (Å²) in [5.74, 6) is 1.09. The lowest BCUT2D eigenvalue weighted by Crippen LogP contribution is -2.40. The van der Waals surface area contributed by atoms with Gasteiger partial charge >= 0.3 is 0 Å². The number of furan rings is 1. The number of ether oxygens (including phenoxy) is 1. The normalized spacial score (nSPS) is 26.1. The smallest absolute Gasteiger partial charge is 0.103 e. The average molecular weight is 251 g/mol. The van der Waals surface area contributed by atoms with Crippen LogP contribution < -0.4 is 5.32 Å². The molecule has 2 rings (SSSR count). The lowest BCUT2D eigenvalue weighted by atomic mass is 9.92. The molecule has 1 unspecified atom stereocenters. The molecule has 3 nitrogen and oxygen atoms in total. The van der Waals surface area contributed by atoms with Gasteiger partial charge in [0.15, 0.2) is 0 Å². The van der Waals surface area contributed by atoms with Gasteiger partial charge in [-0.2, -0.15) is 0 Å². The van der Waals surface area contributed by atoms with E-state index in [4.69, 9.17) is 9.15 Å². The van der Waals surface area contributed by atoms with Crippen molar-refractivity contribution in [1.29, 1.82) is 0 Å². The molecule has 1 aliphatic rings. The lowest BCUT2D eigenvalue weighted by molar-refractivity contribution is 0.0612. The van der Waals surface area contributed by atoms with Gasteiger partial charge in [0, 0.05) is 25.6 Å². The van der Waals surface area contributed by atoms with Gasteiger partial charge in [0.25, 0.3) is 0 Å². The van der Waals surface area contributed by atoms with E-state index in [1.54, 1.807) is 6.26 Å². The van der Waals surface area contributed by atoms with E-state index < -0.39 is 0 Å². The topological polar surface area (TPSA) is 34.4 Å². The fourth-order valence-electron chi connectivity index (χ4n) is 2.76. The lowest BCUT2D eigenvalue weighted by Gasteiger charge is -2.30. The predicted molar refractivity (Wildman–Crippen MR) is 72.7 cm³/mol. The summed E-state index contributed by atoms with van der Waals surface area (Å²) in [6.45, 7) is 2.27. The monoisotopic (exact) mass is 251 g/mol. The van der Waals surface area contributed by atoms with Crippen molar-refractivity contribution in [1.82, 2.24) is 5.32 Å². The van der Waals surface area contributed by atoms with Crippen molar-refractivity contribution in [3.8, 4) is 0 Å². The summed E-state index contributed by atoms with van der Waals surface area (Å²) in [7, 11) is 1.82. The van der Waals surface area contributed by atoms with Gasteiger partial charge in [0.05, 0.1) is 12.4 Å². The molecule has 0 saturated heterocycles. The van der Waals surface area contributed by atoms with Crippen LogP contribution >= 0.6 is 0 Å². The molecule has 0 aromatic carbocycles. The van der Waals surface area contributed by atoms with E-state index in [1.807, 2.05) is 13.2 Å². The number of methoxy groups -OCH3 is 1. The Morgan fingerprint density at radius 1 is 1.39 bits per heavy atom. The standard InChI is InChI=1S/C15H25NO2/c1-12(5-8-15-4-3-11-18-15)16-13-6-9-14(17-2)10-7-13/h3-4,11-14,16H,5-10H2,1-2H3. The SMILES string of the molecule is COC1CCC(NC(C)CCc2ccco2)CC1. The molecule has 0 spiro atoms. The maximum Gasteiger partial charge on any atom is 0.103 e. The van der Waals surface area contributed by atoms with Crippen LogP contribution in [0.25, 0.3) is 0 Å². The molecule has 0 amide bonds. The predicted octanol–water partition coefficient (Wildman–Crippen LogP) is 3.15. The molecule has 1 atom stereocenters.